The monoisotopic (exact) mass is 403 g/mol. The Morgan fingerprint density at radius 2 is 1.96 bits per heavy atom. The van der Waals surface area contributed by atoms with Gasteiger partial charge in [-0.2, -0.15) is 13.2 Å². The maximum Gasteiger partial charge on any atom is 0.395 e. The summed E-state index contributed by atoms with van der Waals surface area (Å²) in [4.78, 5) is 16.6. The van der Waals surface area contributed by atoms with Gasteiger partial charge in [0.25, 0.3) is 0 Å². The van der Waals surface area contributed by atoms with Gasteiger partial charge < -0.3 is 4.57 Å². The zero-order valence-corrected chi connectivity index (χ0v) is 15.3. The van der Waals surface area contributed by atoms with E-state index in [1.54, 1.807) is 4.57 Å². The number of carbonyl (C=O) groups excluding carboxylic acids is 1. The zero-order valence-electron chi connectivity index (χ0n) is 14.6. The van der Waals surface area contributed by atoms with Gasteiger partial charge in [0, 0.05) is 12.0 Å². The number of benzene rings is 1. The summed E-state index contributed by atoms with van der Waals surface area (Å²) in [7, 11) is 0. The molecule has 0 spiro atoms. The Morgan fingerprint density at radius 3 is 2.48 bits per heavy atom. The predicted molar refractivity (Wildman–Crippen MR) is 93.2 cm³/mol. The number of nitrogens with one attached hydrogen (secondary N) is 1. The number of nitrogens with zero attached hydrogens (tertiary/aromatic N) is 2. The van der Waals surface area contributed by atoms with E-state index in [9.17, 15) is 22.4 Å². The first-order valence-electron chi connectivity index (χ1n) is 8.80. The second kappa shape index (κ2) is 5.83. The summed E-state index contributed by atoms with van der Waals surface area (Å²) < 4.78 is 55.6. The van der Waals surface area contributed by atoms with Gasteiger partial charge in [-0.3, -0.25) is 10.1 Å². The van der Waals surface area contributed by atoms with Crippen LogP contribution in [0.4, 0.5) is 23.5 Å². The van der Waals surface area contributed by atoms with Crippen molar-refractivity contribution in [1.29, 1.82) is 0 Å². The molecule has 27 heavy (non-hydrogen) atoms. The van der Waals surface area contributed by atoms with E-state index in [0.717, 1.165) is 19.3 Å². The van der Waals surface area contributed by atoms with E-state index in [-0.39, 0.29) is 29.3 Å². The zero-order chi connectivity index (χ0) is 19.6. The number of carbonyl (C=O) groups is 1. The van der Waals surface area contributed by atoms with Gasteiger partial charge in [-0.25, -0.2) is 9.37 Å². The van der Waals surface area contributed by atoms with Gasteiger partial charge in [0.1, 0.15) is 5.52 Å². The number of aromatic nitrogens is 2. The van der Waals surface area contributed by atoms with Gasteiger partial charge >= 0.3 is 6.18 Å². The molecule has 2 aromatic rings. The summed E-state index contributed by atoms with van der Waals surface area (Å²) in [6.07, 6.45) is -2.74. The van der Waals surface area contributed by atoms with Crippen LogP contribution in [0.2, 0.25) is 5.02 Å². The molecule has 2 saturated carbocycles. The van der Waals surface area contributed by atoms with Gasteiger partial charge in [-0.15, -0.1) is 0 Å². The first-order chi connectivity index (χ1) is 12.6. The lowest BCUT2D eigenvalue weighted by atomic mass is 9.78. The third kappa shape index (κ3) is 2.88. The highest BCUT2D eigenvalue weighted by Gasteiger charge is 2.63. The fourth-order valence-electron chi connectivity index (χ4n) is 3.81. The third-order valence-corrected chi connectivity index (χ3v) is 6.18. The van der Waals surface area contributed by atoms with Crippen LogP contribution < -0.4 is 5.32 Å². The first-order valence-corrected chi connectivity index (χ1v) is 9.18. The Kier molecular flexibility index (Phi) is 4.00. The fourth-order valence-corrected chi connectivity index (χ4v) is 3.96. The van der Waals surface area contributed by atoms with Crippen LogP contribution in [-0.2, 0) is 10.3 Å². The maximum atomic E-state index is 14.7. The lowest BCUT2D eigenvalue weighted by Gasteiger charge is -2.41. The second-order valence-electron chi connectivity index (χ2n) is 7.85. The summed E-state index contributed by atoms with van der Waals surface area (Å²) in [5.41, 5.74) is -1.94. The van der Waals surface area contributed by atoms with Crippen molar-refractivity contribution in [3.63, 3.8) is 0 Å². The molecule has 4 nitrogen and oxygen atoms in total. The molecule has 0 bridgehead atoms. The van der Waals surface area contributed by atoms with E-state index in [0.29, 0.717) is 5.52 Å². The molecule has 0 aliphatic heterocycles. The molecule has 1 amide bonds. The van der Waals surface area contributed by atoms with Crippen molar-refractivity contribution in [2.24, 2.45) is 5.41 Å². The highest BCUT2D eigenvalue weighted by molar-refractivity contribution is 6.31. The van der Waals surface area contributed by atoms with Crippen molar-refractivity contribution in [3.05, 3.63) is 23.0 Å². The standard InChI is InChI=1S/C18H18ClF4N3O/c1-16(5-2-6-16)26-14-11(4-3-10(19)13(14)20)24-15(26)25-12(27)9-17(7-8-17)18(21,22)23/h3-4H,2,5-9H2,1H3,(H,24,25,27). The quantitative estimate of drug-likeness (QED) is 0.695. The minimum Gasteiger partial charge on any atom is -0.301 e. The van der Waals surface area contributed by atoms with Crippen molar-refractivity contribution in [1.82, 2.24) is 9.55 Å². The smallest absolute Gasteiger partial charge is 0.301 e. The highest BCUT2D eigenvalue weighted by Crippen LogP contribution is 2.60. The van der Waals surface area contributed by atoms with Crippen molar-refractivity contribution in [2.75, 3.05) is 5.32 Å². The molecule has 9 heteroatoms. The number of hydrogen-bond donors (Lipinski definition) is 1. The molecule has 4 rings (SSSR count). The Labute approximate surface area is 157 Å². The maximum absolute atomic E-state index is 14.7. The summed E-state index contributed by atoms with van der Waals surface area (Å²) in [6.45, 7) is 1.91. The van der Waals surface area contributed by atoms with E-state index in [1.807, 2.05) is 6.92 Å². The van der Waals surface area contributed by atoms with Crippen LogP contribution in [0.1, 0.15) is 45.4 Å². The van der Waals surface area contributed by atoms with Gasteiger partial charge in [0.05, 0.1) is 16.0 Å². The van der Waals surface area contributed by atoms with Crippen LogP contribution in [0.5, 0.6) is 0 Å². The van der Waals surface area contributed by atoms with Crippen LogP contribution in [0.3, 0.4) is 0 Å². The average molecular weight is 404 g/mol. The van der Waals surface area contributed by atoms with Gasteiger partial charge in [0.2, 0.25) is 11.9 Å². The number of rotatable bonds is 4. The highest BCUT2D eigenvalue weighted by atomic mass is 35.5. The number of imidazole rings is 1. The molecule has 2 fully saturated rings. The number of anilines is 1. The Hall–Kier alpha value is -1.83. The van der Waals surface area contributed by atoms with Crippen molar-refractivity contribution in [3.8, 4) is 0 Å². The molecule has 2 aliphatic rings. The summed E-state index contributed by atoms with van der Waals surface area (Å²) in [5, 5.41) is 2.42. The van der Waals surface area contributed by atoms with E-state index >= 15 is 0 Å². The first kappa shape index (κ1) is 18.5. The molecule has 1 aromatic carbocycles. The Bertz CT molecular complexity index is 929. The molecule has 2 aliphatic carbocycles. The molecule has 0 radical (unpaired) electrons. The lowest BCUT2D eigenvalue weighted by Crippen LogP contribution is -2.39. The fraction of sp³-hybridized carbons (Fsp3) is 0.556. The van der Waals surface area contributed by atoms with Gasteiger partial charge in [-0.05, 0) is 51.2 Å². The summed E-state index contributed by atoms with van der Waals surface area (Å²) >= 11 is 5.90. The normalized spacial score (nSPS) is 20.4. The molecule has 0 saturated heterocycles. The van der Waals surface area contributed by atoms with Crippen molar-refractivity contribution >= 4 is 34.5 Å². The van der Waals surface area contributed by atoms with E-state index in [4.69, 9.17) is 11.6 Å². The molecule has 1 aromatic heterocycles. The van der Waals surface area contributed by atoms with Crippen LogP contribution >= 0.6 is 11.6 Å². The van der Waals surface area contributed by atoms with E-state index in [1.165, 1.54) is 12.1 Å². The molecule has 1 heterocycles. The molecule has 0 unspecified atom stereocenters. The molecule has 0 atom stereocenters. The largest absolute Gasteiger partial charge is 0.395 e. The second-order valence-corrected chi connectivity index (χ2v) is 8.26. The van der Waals surface area contributed by atoms with E-state index in [2.05, 4.69) is 10.3 Å². The van der Waals surface area contributed by atoms with Crippen LogP contribution in [0.25, 0.3) is 11.0 Å². The summed E-state index contributed by atoms with van der Waals surface area (Å²) in [5.74, 6) is -1.35. The van der Waals surface area contributed by atoms with Crippen molar-refractivity contribution in [2.45, 2.75) is 57.2 Å². The number of halogens is 5. The topological polar surface area (TPSA) is 46.9 Å². The predicted octanol–water partition coefficient (Wildman–Crippen LogP) is 5.40. The Morgan fingerprint density at radius 1 is 1.30 bits per heavy atom. The summed E-state index contributed by atoms with van der Waals surface area (Å²) in [6, 6.07) is 2.90. The number of hydrogen-bond acceptors (Lipinski definition) is 2. The SMILES string of the molecule is CC1(n2c(NC(=O)CC3(C(F)(F)F)CC3)nc3ccc(Cl)c(F)c32)CCC1. The van der Waals surface area contributed by atoms with Crippen LogP contribution in [0.15, 0.2) is 12.1 Å². The molecule has 1 N–H and O–H groups in total. The van der Waals surface area contributed by atoms with Gasteiger partial charge in [0.15, 0.2) is 5.82 Å². The van der Waals surface area contributed by atoms with Crippen LogP contribution in [-0.4, -0.2) is 21.6 Å². The van der Waals surface area contributed by atoms with Gasteiger partial charge in [-0.1, -0.05) is 11.6 Å². The number of alkyl halides is 3. The number of fused-ring (bicyclic) bond motifs is 1. The minimum atomic E-state index is -4.41. The average Bonchev–Trinajstić information content (AvgIpc) is 3.23. The van der Waals surface area contributed by atoms with Crippen molar-refractivity contribution < 1.29 is 22.4 Å². The lowest BCUT2D eigenvalue weighted by molar-refractivity contribution is -0.189. The molecular formula is C18H18ClF4N3O. The number of amides is 1. The van der Waals surface area contributed by atoms with Crippen LogP contribution in [0, 0.1) is 11.2 Å². The minimum absolute atomic E-state index is 0.0533. The Balaban J connectivity index is 1.71. The van der Waals surface area contributed by atoms with E-state index < -0.39 is 35.3 Å². The molecule has 146 valence electrons. The molecular weight excluding hydrogens is 386 g/mol. The third-order valence-electron chi connectivity index (χ3n) is 5.89.